The average molecular weight is 543 g/mol. The fourth-order valence-corrected chi connectivity index (χ4v) is 5.57. The van der Waals surface area contributed by atoms with Crippen molar-refractivity contribution in [3.05, 3.63) is 89.7 Å². The van der Waals surface area contributed by atoms with Gasteiger partial charge < -0.3 is 15.1 Å². The van der Waals surface area contributed by atoms with Crippen LogP contribution in [-0.4, -0.2) is 54.6 Å². The molecule has 0 atom stereocenters. The Morgan fingerprint density at radius 2 is 1.57 bits per heavy atom. The van der Waals surface area contributed by atoms with Crippen LogP contribution in [0.4, 0.5) is 21.5 Å². The van der Waals surface area contributed by atoms with Gasteiger partial charge in [-0.05, 0) is 55.3 Å². The number of fused-ring (bicyclic) bond motifs is 1. The van der Waals surface area contributed by atoms with Crippen molar-refractivity contribution in [2.24, 2.45) is 0 Å². The SMILES string of the molecule is CN(C)c1ccc(NC(=O)C2(N(Cc3ccccc3F)C(=O)CN3C(=O)C(=O)c4ccccc43)CCCC2)cc1. The summed E-state index contributed by atoms with van der Waals surface area (Å²) in [4.78, 5) is 57.9. The molecule has 0 bridgehead atoms. The number of rotatable bonds is 8. The molecule has 1 N–H and O–H groups in total. The molecule has 3 aromatic rings. The number of Topliss-reactive ketones (excluding diaryl/α,β-unsaturated/α-hetero) is 1. The van der Waals surface area contributed by atoms with Gasteiger partial charge in [-0.1, -0.05) is 43.2 Å². The van der Waals surface area contributed by atoms with Crippen LogP contribution in [0.1, 0.15) is 41.6 Å². The van der Waals surface area contributed by atoms with Gasteiger partial charge in [0.05, 0.1) is 11.3 Å². The van der Waals surface area contributed by atoms with E-state index in [9.17, 15) is 23.6 Å². The van der Waals surface area contributed by atoms with Crippen LogP contribution in [0.3, 0.4) is 0 Å². The van der Waals surface area contributed by atoms with Crippen molar-refractivity contribution in [3.8, 4) is 0 Å². The summed E-state index contributed by atoms with van der Waals surface area (Å²) in [5.74, 6) is -2.88. The normalized spacial score (nSPS) is 15.6. The topological polar surface area (TPSA) is 90.0 Å². The summed E-state index contributed by atoms with van der Waals surface area (Å²) in [6.07, 6.45) is 2.19. The van der Waals surface area contributed by atoms with E-state index in [0.717, 1.165) is 10.6 Å². The highest BCUT2D eigenvalue weighted by atomic mass is 19.1. The van der Waals surface area contributed by atoms with E-state index >= 15 is 0 Å². The van der Waals surface area contributed by atoms with E-state index < -0.39 is 35.5 Å². The minimum atomic E-state index is -1.26. The first-order chi connectivity index (χ1) is 19.2. The summed E-state index contributed by atoms with van der Waals surface area (Å²) in [5, 5.41) is 2.97. The number of ketones is 1. The van der Waals surface area contributed by atoms with Crippen molar-refractivity contribution in [2.75, 3.05) is 35.8 Å². The smallest absolute Gasteiger partial charge is 0.299 e. The summed E-state index contributed by atoms with van der Waals surface area (Å²) in [6, 6.07) is 20.0. The zero-order chi connectivity index (χ0) is 28.4. The largest absolute Gasteiger partial charge is 0.378 e. The number of hydrogen-bond donors (Lipinski definition) is 1. The second kappa shape index (κ2) is 10.9. The third kappa shape index (κ3) is 4.95. The fraction of sp³-hybridized carbons (Fsp3) is 0.290. The molecule has 8 nitrogen and oxygen atoms in total. The maximum Gasteiger partial charge on any atom is 0.299 e. The van der Waals surface area contributed by atoms with Gasteiger partial charge in [-0.2, -0.15) is 0 Å². The molecule has 0 spiro atoms. The Morgan fingerprint density at radius 1 is 0.925 bits per heavy atom. The predicted molar refractivity (Wildman–Crippen MR) is 151 cm³/mol. The summed E-state index contributed by atoms with van der Waals surface area (Å²) < 4.78 is 14.8. The molecule has 1 heterocycles. The van der Waals surface area contributed by atoms with Gasteiger partial charge in [0, 0.05) is 37.6 Å². The van der Waals surface area contributed by atoms with Crippen molar-refractivity contribution in [1.29, 1.82) is 0 Å². The molecule has 1 aliphatic carbocycles. The maximum absolute atomic E-state index is 14.8. The molecule has 3 amide bonds. The van der Waals surface area contributed by atoms with Gasteiger partial charge in [-0.3, -0.25) is 24.1 Å². The van der Waals surface area contributed by atoms with E-state index in [1.807, 2.05) is 31.1 Å². The van der Waals surface area contributed by atoms with Crippen LogP contribution in [0, 0.1) is 5.82 Å². The monoisotopic (exact) mass is 542 g/mol. The summed E-state index contributed by atoms with van der Waals surface area (Å²) >= 11 is 0. The standard InChI is InChI=1S/C31H31FN4O4/c1-34(2)23-15-13-22(14-16-23)33-30(40)31(17-7-8-18-31)36(19-21-9-3-5-11-25(21)32)27(37)20-35-26-12-6-4-10-24(26)28(38)29(35)39/h3-6,9-16H,7-8,17-20H2,1-2H3,(H,33,40). The van der Waals surface area contributed by atoms with Crippen LogP contribution >= 0.6 is 0 Å². The van der Waals surface area contributed by atoms with Crippen molar-refractivity contribution >= 4 is 40.6 Å². The highest BCUT2D eigenvalue weighted by molar-refractivity contribution is 6.52. The van der Waals surface area contributed by atoms with Crippen LogP contribution in [0.2, 0.25) is 0 Å². The van der Waals surface area contributed by atoms with Gasteiger partial charge in [0.1, 0.15) is 17.9 Å². The fourth-order valence-electron chi connectivity index (χ4n) is 5.57. The van der Waals surface area contributed by atoms with Crippen LogP contribution in [-0.2, 0) is 20.9 Å². The number of benzene rings is 3. The van der Waals surface area contributed by atoms with Crippen molar-refractivity contribution in [3.63, 3.8) is 0 Å². The average Bonchev–Trinajstić information content (AvgIpc) is 3.54. The predicted octanol–water partition coefficient (Wildman–Crippen LogP) is 4.40. The molecule has 0 saturated heterocycles. The first-order valence-corrected chi connectivity index (χ1v) is 13.3. The number of amides is 3. The second-order valence-corrected chi connectivity index (χ2v) is 10.4. The van der Waals surface area contributed by atoms with E-state index in [2.05, 4.69) is 5.32 Å². The van der Waals surface area contributed by atoms with Gasteiger partial charge in [0.15, 0.2) is 0 Å². The number of carbonyl (C=O) groups is 4. The Kier molecular flexibility index (Phi) is 7.38. The number of anilines is 3. The Labute approximate surface area is 232 Å². The van der Waals surface area contributed by atoms with Gasteiger partial charge in [-0.25, -0.2) is 4.39 Å². The van der Waals surface area contributed by atoms with Gasteiger partial charge in [0.25, 0.3) is 11.7 Å². The molecular weight excluding hydrogens is 511 g/mol. The van der Waals surface area contributed by atoms with Crippen LogP contribution < -0.4 is 15.1 Å². The van der Waals surface area contributed by atoms with Crippen LogP contribution in [0.5, 0.6) is 0 Å². The van der Waals surface area contributed by atoms with Crippen LogP contribution in [0.25, 0.3) is 0 Å². The molecule has 1 saturated carbocycles. The zero-order valence-electron chi connectivity index (χ0n) is 22.5. The van der Waals surface area contributed by atoms with Gasteiger partial charge >= 0.3 is 0 Å². The lowest BCUT2D eigenvalue weighted by molar-refractivity contribution is -0.145. The van der Waals surface area contributed by atoms with Crippen LogP contribution in [0.15, 0.2) is 72.8 Å². The summed E-state index contributed by atoms with van der Waals surface area (Å²) in [5.41, 5.74) is 1.13. The van der Waals surface area contributed by atoms with E-state index in [-0.39, 0.29) is 23.6 Å². The molecule has 9 heteroatoms. The highest BCUT2D eigenvalue weighted by Crippen LogP contribution is 2.39. The van der Waals surface area contributed by atoms with E-state index in [0.29, 0.717) is 37.1 Å². The van der Waals surface area contributed by atoms with E-state index in [4.69, 9.17) is 0 Å². The first kappa shape index (κ1) is 27.1. The molecule has 0 unspecified atom stereocenters. The lowest BCUT2D eigenvalue weighted by Crippen LogP contribution is -2.59. The lowest BCUT2D eigenvalue weighted by atomic mass is 9.92. The lowest BCUT2D eigenvalue weighted by Gasteiger charge is -2.41. The number of halogens is 1. The maximum atomic E-state index is 14.8. The minimum Gasteiger partial charge on any atom is -0.378 e. The Hall–Kier alpha value is -4.53. The summed E-state index contributed by atoms with van der Waals surface area (Å²) in [6.45, 7) is -0.598. The van der Waals surface area contributed by atoms with Gasteiger partial charge in [-0.15, -0.1) is 0 Å². The number of hydrogen-bond acceptors (Lipinski definition) is 5. The molecule has 3 aromatic carbocycles. The van der Waals surface area contributed by atoms with Crippen molar-refractivity contribution < 1.29 is 23.6 Å². The molecule has 1 fully saturated rings. The molecule has 0 aromatic heterocycles. The molecule has 0 radical (unpaired) electrons. The van der Waals surface area contributed by atoms with E-state index in [1.54, 1.807) is 54.6 Å². The molecular formula is C31H31FN4O4. The number of nitrogens with zero attached hydrogens (tertiary/aromatic N) is 3. The molecule has 2 aliphatic rings. The van der Waals surface area contributed by atoms with E-state index in [1.165, 1.54) is 11.0 Å². The second-order valence-electron chi connectivity index (χ2n) is 10.4. The Bertz CT molecular complexity index is 1460. The molecule has 206 valence electrons. The Morgan fingerprint density at radius 3 is 2.25 bits per heavy atom. The highest BCUT2D eigenvalue weighted by Gasteiger charge is 2.49. The first-order valence-electron chi connectivity index (χ1n) is 13.3. The van der Waals surface area contributed by atoms with Gasteiger partial charge in [0.2, 0.25) is 11.8 Å². The summed E-state index contributed by atoms with van der Waals surface area (Å²) in [7, 11) is 3.84. The molecule has 1 aliphatic heterocycles. The Balaban J connectivity index is 1.49. The zero-order valence-corrected chi connectivity index (χ0v) is 22.5. The third-order valence-electron chi connectivity index (χ3n) is 7.77. The number of carbonyl (C=O) groups excluding carboxylic acids is 4. The molecule has 40 heavy (non-hydrogen) atoms. The number of nitrogens with one attached hydrogen (secondary N) is 1. The quantitative estimate of drug-likeness (QED) is 0.426. The number of para-hydroxylation sites is 1. The third-order valence-corrected chi connectivity index (χ3v) is 7.77. The van der Waals surface area contributed by atoms with Crippen molar-refractivity contribution in [1.82, 2.24) is 4.90 Å². The minimum absolute atomic E-state index is 0.157. The van der Waals surface area contributed by atoms with Crippen molar-refractivity contribution in [2.45, 2.75) is 37.8 Å². The molecule has 5 rings (SSSR count).